The first-order valence-corrected chi connectivity index (χ1v) is 11.0. The summed E-state index contributed by atoms with van der Waals surface area (Å²) in [6, 6.07) is 12.3. The summed E-state index contributed by atoms with van der Waals surface area (Å²) in [5.41, 5.74) is 1.48. The van der Waals surface area contributed by atoms with Crippen LogP contribution in [0.15, 0.2) is 47.4 Å². The Labute approximate surface area is 178 Å². The molecule has 2 aromatic rings. The molecule has 0 atom stereocenters. The molecular formula is C20H26ClN3O4S. The van der Waals surface area contributed by atoms with Crippen LogP contribution in [0, 0.1) is 0 Å². The molecule has 29 heavy (non-hydrogen) atoms. The predicted octanol–water partition coefficient (Wildman–Crippen LogP) is 2.82. The highest BCUT2D eigenvalue weighted by molar-refractivity contribution is 7.92. The molecule has 4 rings (SSSR count). The average molecular weight is 440 g/mol. The molecule has 0 saturated carbocycles. The zero-order chi connectivity index (χ0) is 19.6. The number of piperazine rings is 1. The lowest BCUT2D eigenvalue weighted by Crippen LogP contribution is -2.44. The van der Waals surface area contributed by atoms with Gasteiger partial charge in [-0.05, 0) is 31.3 Å². The number of nitrogens with one attached hydrogen (secondary N) is 1. The van der Waals surface area contributed by atoms with Gasteiger partial charge >= 0.3 is 0 Å². The van der Waals surface area contributed by atoms with Gasteiger partial charge in [0, 0.05) is 38.7 Å². The van der Waals surface area contributed by atoms with Gasteiger partial charge in [0.25, 0.3) is 10.0 Å². The van der Waals surface area contributed by atoms with E-state index in [1.165, 1.54) is 6.07 Å². The smallest absolute Gasteiger partial charge is 0.262 e. The third-order valence-electron chi connectivity index (χ3n) is 5.02. The number of benzene rings is 2. The van der Waals surface area contributed by atoms with Crippen LogP contribution in [0.3, 0.4) is 0 Å². The number of halogens is 1. The van der Waals surface area contributed by atoms with Crippen molar-refractivity contribution in [1.82, 2.24) is 4.90 Å². The molecule has 0 aromatic heterocycles. The van der Waals surface area contributed by atoms with Crippen LogP contribution in [0.25, 0.3) is 0 Å². The van der Waals surface area contributed by atoms with Gasteiger partial charge in [0.2, 0.25) is 0 Å². The molecule has 0 amide bonds. The van der Waals surface area contributed by atoms with Crippen LogP contribution in [0.2, 0.25) is 0 Å². The maximum Gasteiger partial charge on any atom is 0.262 e. The fourth-order valence-corrected chi connectivity index (χ4v) is 4.49. The number of fused-ring (bicyclic) bond motifs is 1. The normalized spacial score (nSPS) is 17.2. The van der Waals surface area contributed by atoms with E-state index in [0.29, 0.717) is 30.4 Å². The Morgan fingerprint density at radius 3 is 2.38 bits per heavy atom. The summed E-state index contributed by atoms with van der Waals surface area (Å²) in [5.74, 6) is 1.04. The van der Waals surface area contributed by atoms with Gasteiger partial charge < -0.3 is 19.3 Å². The Hall–Kier alpha value is -2.16. The first-order valence-electron chi connectivity index (χ1n) is 9.48. The van der Waals surface area contributed by atoms with Crippen molar-refractivity contribution in [2.75, 3.05) is 56.1 Å². The van der Waals surface area contributed by atoms with E-state index in [1.54, 1.807) is 18.2 Å². The summed E-state index contributed by atoms with van der Waals surface area (Å²) < 4.78 is 40.0. The second-order valence-corrected chi connectivity index (χ2v) is 8.75. The Kier molecular flexibility index (Phi) is 6.77. The molecule has 1 fully saturated rings. The molecule has 7 nitrogen and oxygen atoms in total. The van der Waals surface area contributed by atoms with Gasteiger partial charge in [-0.2, -0.15) is 0 Å². The van der Waals surface area contributed by atoms with E-state index in [0.717, 1.165) is 38.3 Å². The van der Waals surface area contributed by atoms with Crippen LogP contribution in [0.5, 0.6) is 11.5 Å². The second kappa shape index (κ2) is 9.11. The summed E-state index contributed by atoms with van der Waals surface area (Å²) in [7, 11) is -1.66. The van der Waals surface area contributed by atoms with Crippen LogP contribution < -0.4 is 19.1 Å². The summed E-state index contributed by atoms with van der Waals surface area (Å²) >= 11 is 0. The van der Waals surface area contributed by atoms with Crippen molar-refractivity contribution in [2.24, 2.45) is 0 Å². The molecule has 0 bridgehead atoms. The van der Waals surface area contributed by atoms with Gasteiger partial charge in [-0.15, -0.1) is 12.4 Å². The zero-order valence-corrected chi connectivity index (χ0v) is 18.0. The predicted molar refractivity (Wildman–Crippen MR) is 116 cm³/mol. The standard InChI is InChI=1S/C20H25N3O4S.ClH/c1-22-9-11-23(12-10-22)18-6-3-2-5-17(18)21-28(24,25)16-7-8-19-20(15-16)27-14-4-13-26-19;/h2-3,5-8,15,21H,4,9-14H2,1H3;1H. The maximum atomic E-state index is 13.0. The SMILES string of the molecule is CN1CCN(c2ccccc2NS(=O)(=O)c2ccc3c(c2)OCCCO3)CC1.Cl. The van der Waals surface area contributed by atoms with E-state index < -0.39 is 10.0 Å². The third-order valence-corrected chi connectivity index (χ3v) is 6.38. The Morgan fingerprint density at radius 1 is 0.931 bits per heavy atom. The average Bonchev–Trinajstić information content (AvgIpc) is 2.94. The van der Waals surface area contributed by atoms with Crippen molar-refractivity contribution >= 4 is 33.8 Å². The van der Waals surface area contributed by atoms with Crippen LogP contribution in [0.4, 0.5) is 11.4 Å². The minimum Gasteiger partial charge on any atom is -0.490 e. The van der Waals surface area contributed by atoms with E-state index in [-0.39, 0.29) is 17.3 Å². The van der Waals surface area contributed by atoms with E-state index in [2.05, 4.69) is 21.6 Å². The summed E-state index contributed by atoms with van der Waals surface area (Å²) in [6.45, 7) is 4.69. The molecule has 158 valence electrons. The number of rotatable bonds is 4. The summed E-state index contributed by atoms with van der Waals surface area (Å²) in [5, 5.41) is 0. The number of likely N-dealkylation sites (N-methyl/N-ethyl adjacent to an activating group) is 1. The van der Waals surface area contributed by atoms with Gasteiger partial charge in [-0.25, -0.2) is 8.42 Å². The molecular weight excluding hydrogens is 414 g/mol. The van der Waals surface area contributed by atoms with E-state index >= 15 is 0 Å². The van der Waals surface area contributed by atoms with Crippen molar-refractivity contribution in [2.45, 2.75) is 11.3 Å². The first-order chi connectivity index (χ1) is 13.5. The highest BCUT2D eigenvalue weighted by Gasteiger charge is 2.22. The van der Waals surface area contributed by atoms with Crippen LogP contribution in [0.1, 0.15) is 6.42 Å². The quantitative estimate of drug-likeness (QED) is 0.789. The second-order valence-electron chi connectivity index (χ2n) is 7.07. The molecule has 2 heterocycles. The van der Waals surface area contributed by atoms with E-state index in [1.807, 2.05) is 18.2 Å². The lowest BCUT2D eigenvalue weighted by Gasteiger charge is -2.35. The van der Waals surface area contributed by atoms with Crippen LogP contribution >= 0.6 is 12.4 Å². The molecule has 1 saturated heterocycles. The largest absolute Gasteiger partial charge is 0.490 e. The van der Waals surface area contributed by atoms with Crippen LogP contribution in [-0.4, -0.2) is 59.8 Å². The van der Waals surface area contributed by atoms with E-state index in [4.69, 9.17) is 9.47 Å². The molecule has 1 N–H and O–H groups in total. The van der Waals surface area contributed by atoms with Crippen LogP contribution in [-0.2, 0) is 10.0 Å². The number of para-hydroxylation sites is 2. The molecule has 2 aromatic carbocycles. The lowest BCUT2D eigenvalue weighted by molar-refractivity contribution is 0.297. The van der Waals surface area contributed by atoms with Gasteiger partial charge in [-0.1, -0.05) is 12.1 Å². The minimum absolute atomic E-state index is 0. The van der Waals surface area contributed by atoms with Crippen molar-refractivity contribution < 1.29 is 17.9 Å². The van der Waals surface area contributed by atoms with Crippen molar-refractivity contribution in [3.05, 3.63) is 42.5 Å². The number of anilines is 2. The number of ether oxygens (including phenoxy) is 2. The zero-order valence-electron chi connectivity index (χ0n) is 16.3. The Balaban J connectivity index is 0.00000240. The number of hydrogen-bond donors (Lipinski definition) is 1. The topological polar surface area (TPSA) is 71.1 Å². The van der Waals surface area contributed by atoms with Gasteiger partial charge in [0.15, 0.2) is 11.5 Å². The fraction of sp³-hybridized carbons (Fsp3) is 0.400. The van der Waals surface area contributed by atoms with Gasteiger partial charge in [0.1, 0.15) is 0 Å². The van der Waals surface area contributed by atoms with Crippen molar-refractivity contribution in [3.8, 4) is 11.5 Å². The fourth-order valence-electron chi connectivity index (χ4n) is 3.40. The molecule has 9 heteroatoms. The Bertz CT molecular complexity index is 946. The third kappa shape index (κ3) is 4.88. The number of nitrogens with zero attached hydrogens (tertiary/aromatic N) is 2. The molecule has 2 aliphatic heterocycles. The molecule has 0 aliphatic carbocycles. The molecule has 2 aliphatic rings. The molecule has 0 radical (unpaired) electrons. The van der Waals surface area contributed by atoms with Gasteiger partial charge in [0.05, 0.1) is 29.5 Å². The van der Waals surface area contributed by atoms with Crippen molar-refractivity contribution in [1.29, 1.82) is 0 Å². The highest BCUT2D eigenvalue weighted by atomic mass is 35.5. The lowest BCUT2D eigenvalue weighted by atomic mass is 10.2. The van der Waals surface area contributed by atoms with E-state index in [9.17, 15) is 8.42 Å². The van der Waals surface area contributed by atoms with Crippen molar-refractivity contribution in [3.63, 3.8) is 0 Å². The molecule has 0 unspecified atom stereocenters. The summed E-state index contributed by atoms with van der Waals surface area (Å²) in [4.78, 5) is 4.64. The number of hydrogen-bond acceptors (Lipinski definition) is 6. The minimum atomic E-state index is -3.75. The first kappa shape index (κ1) is 21.5. The monoisotopic (exact) mass is 439 g/mol. The van der Waals surface area contributed by atoms with Gasteiger partial charge in [-0.3, -0.25) is 4.72 Å². The number of sulfonamides is 1. The Morgan fingerprint density at radius 2 is 1.62 bits per heavy atom. The summed E-state index contributed by atoms with van der Waals surface area (Å²) in [6.07, 6.45) is 0.771. The molecule has 0 spiro atoms. The highest BCUT2D eigenvalue weighted by Crippen LogP contribution is 2.34. The maximum absolute atomic E-state index is 13.0.